The van der Waals surface area contributed by atoms with Gasteiger partial charge in [-0.3, -0.25) is 4.79 Å². The summed E-state index contributed by atoms with van der Waals surface area (Å²) in [5.74, 6) is 0.341. The first-order chi connectivity index (χ1) is 9.19. The molecule has 0 spiro atoms. The van der Waals surface area contributed by atoms with Crippen molar-refractivity contribution in [3.05, 3.63) is 51.7 Å². The molecule has 98 valence electrons. The minimum atomic E-state index is -0.230. The summed E-state index contributed by atoms with van der Waals surface area (Å²) in [4.78, 5) is 11.8. The van der Waals surface area contributed by atoms with E-state index in [0.29, 0.717) is 16.5 Å². The third-order valence-electron chi connectivity index (χ3n) is 2.39. The van der Waals surface area contributed by atoms with Crippen LogP contribution in [-0.2, 0) is 4.79 Å². The van der Waals surface area contributed by atoms with Gasteiger partial charge in [0.1, 0.15) is 5.75 Å². The zero-order valence-corrected chi connectivity index (χ0v) is 11.8. The number of methoxy groups -OCH3 is 1. The Morgan fingerprint density at radius 3 is 2.95 bits per heavy atom. The van der Waals surface area contributed by atoms with Crippen LogP contribution < -0.4 is 10.1 Å². The molecule has 1 aromatic carbocycles. The number of halogens is 1. The van der Waals surface area contributed by atoms with Crippen LogP contribution in [0.25, 0.3) is 6.08 Å². The second-order valence-electron chi connectivity index (χ2n) is 3.72. The number of rotatable bonds is 4. The van der Waals surface area contributed by atoms with Crippen molar-refractivity contribution in [3.63, 3.8) is 0 Å². The van der Waals surface area contributed by atoms with Gasteiger partial charge in [0, 0.05) is 11.1 Å². The van der Waals surface area contributed by atoms with E-state index in [0.717, 1.165) is 5.56 Å². The van der Waals surface area contributed by atoms with Crippen LogP contribution in [0.3, 0.4) is 0 Å². The molecule has 0 bridgehead atoms. The van der Waals surface area contributed by atoms with Gasteiger partial charge in [0.05, 0.1) is 12.8 Å². The highest BCUT2D eigenvalue weighted by Gasteiger charge is 2.06. The minimum absolute atomic E-state index is 0.230. The molecule has 1 N–H and O–H groups in total. The molecule has 0 aliphatic rings. The highest BCUT2D eigenvalue weighted by molar-refractivity contribution is 7.08. The molecule has 1 aromatic heterocycles. The lowest BCUT2D eigenvalue weighted by Crippen LogP contribution is -2.08. The fourth-order valence-corrected chi connectivity index (χ4v) is 2.29. The van der Waals surface area contributed by atoms with Crippen LogP contribution >= 0.6 is 22.9 Å². The number of hydrogen-bond acceptors (Lipinski definition) is 3. The van der Waals surface area contributed by atoms with Crippen molar-refractivity contribution in [3.8, 4) is 5.75 Å². The Kier molecular flexibility index (Phi) is 4.60. The Morgan fingerprint density at radius 1 is 1.42 bits per heavy atom. The van der Waals surface area contributed by atoms with Gasteiger partial charge in [-0.25, -0.2) is 0 Å². The third kappa shape index (κ3) is 3.84. The maximum Gasteiger partial charge on any atom is 0.248 e. The van der Waals surface area contributed by atoms with Crippen LogP contribution in [0.5, 0.6) is 5.75 Å². The molecule has 5 heteroatoms. The van der Waals surface area contributed by atoms with Gasteiger partial charge in [-0.2, -0.15) is 11.3 Å². The van der Waals surface area contributed by atoms with E-state index in [1.54, 1.807) is 42.7 Å². The van der Waals surface area contributed by atoms with Crippen LogP contribution in [0.1, 0.15) is 5.56 Å². The molecule has 1 heterocycles. The number of nitrogens with one attached hydrogen (secondary N) is 1. The molecule has 0 unspecified atom stereocenters. The molecule has 1 amide bonds. The van der Waals surface area contributed by atoms with E-state index < -0.39 is 0 Å². The molecule has 0 radical (unpaired) electrons. The van der Waals surface area contributed by atoms with Crippen LogP contribution in [0.4, 0.5) is 5.69 Å². The normalized spacial score (nSPS) is 10.6. The van der Waals surface area contributed by atoms with Crippen molar-refractivity contribution in [2.75, 3.05) is 12.4 Å². The maximum absolute atomic E-state index is 11.8. The third-order valence-corrected chi connectivity index (χ3v) is 3.33. The summed E-state index contributed by atoms with van der Waals surface area (Å²) >= 11 is 7.47. The standard InChI is InChI=1S/C14H12ClNO2S/c1-18-13-4-3-11(15)8-12(13)16-14(17)5-2-10-6-7-19-9-10/h2-9H,1H3,(H,16,17). The Labute approximate surface area is 120 Å². The zero-order chi connectivity index (χ0) is 13.7. The molecule has 3 nitrogen and oxygen atoms in total. The SMILES string of the molecule is COc1ccc(Cl)cc1NC(=O)C=Cc1ccsc1. The summed E-state index contributed by atoms with van der Waals surface area (Å²) in [5, 5.41) is 7.19. The largest absolute Gasteiger partial charge is 0.495 e. The van der Waals surface area contributed by atoms with Gasteiger partial charge in [-0.15, -0.1) is 0 Å². The average Bonchev–Trinajstić information content (AvgIpc) is 2.90. The molecular formula is C14H12ClNO2S. The number of carbonyl (C=O) groups is 1. The second kappa shape index (κ2) is 6.41. The summed E-state index contributed by atoms with van der Waals surface area (Å²) in [6.45, 7) is 0. The number of carbonyl (C=O) groups excluding carboxylic acids is 1. The summed E-state index contributed by atoms with van der Waals surface area (Å²) in [5.41, 5.74) is 1.55. The first kappa shape index (κ1) is 13.6. The zero-order valence-electron chi connectivity index (χ0n) is 10.2. The number of hydrogen-bond donors (Lipinski definition) is 1. The average molecular weight is 294 g/mol. The first-order valence-corrected chi connectivity index (χ1v) is 6.86. The van der Waals surface area contributed by atoms with E-state index in [-0.39, 0.29) is 5.91 Å². The van der Waals surface area contributed by atoms with Crippen LogP contribution in [-0.4, -0.2) is 13.0 Å². The molecule has 0 saturated carbocycles. The number of anilines is 1. The number of benzene rings is 1. The lowest BCUT2D eigenvalue weighted by Gasteiger charge is -2.08. The summed E-state index contributed by atoms with van der Waals surface area (Å²) in [6, 6.07) is 7.00. The second-order valence-corrected chi connectivity index (χ2v) is 4.94. The van der Waals surface area contributed by atoms with Crippen molar-refractivity contribution < 1.29 is 9.53 Å². The molecule has 0 fully saturated rings. The predicted molar refractivity (Wildman–Crippen MR) is 80.0 cm³/mol. The van der Waals surface area contributed by atoms with E-state index in [1.807, 2.05) is 16.8 Å². The van der Waals surface area contributed by atoms with E-state index in [9.17, 15) is 4.79 Å². The van der Waals surface area contributed by atoms with Crippen molar-refractivity contribution in [1.82, 2.24) is 0 Å². The lowest BCUT2D eigenvalue weighted by atomic mass is 10.2. The number of amides is 1. The molecule has 0 atom stereocenters. The summed E-state index contributed by atoms with van der Waals surface area (Å²) in [6.07, 6.45) is 3.23. The maximum atomic E-state index is 11.8. The van der Waals surface area contributed by atoms with Crippen molar-refractivity contribution in [2.24, 2.45) is 0 Å². The van der Waals surface area contributed by atoms with Crippen molar-refractivity contribution in [2.45, 2.75) is 0 Å². The molecule has 2 rings (SSSR count). The minimum Gasteiger partial charge on any atom is -0.495 e. The Balaban J connectivity index is 2.08. The smallest absolute Gasteiger partial charge is 0.248 e. The van der Waals surface area contributed by atoms with Gasteiger partial charge in [-0.05, 0) is 46.7 Å². The molecule has 0 aliphatic carbocycles. The van der Waals surface area contributed by atoms with Gasteiger partial charge in [-0.1, -0.05) is 11.6 Å². The van der Waals surface area contributed by atoms with Gasteiger partial charge in [0.15, 0.2) is 0 Å². The van der Waals surface area contributed by atoms with Crippen molar-refractivity contribution >= 4 is 40.6 Å². The van der Waals surface area contributed by atoms with Gasteiger partial charge in [0.25, 0.3) is 0 Å². The van der Waals surface area contributed by atoms with E-state index in [1.165, 1.54) is 6.08 Å². The van der Waals surface area contributed by atoms with Crippen LogP contribution in [0.15, 0.2) is 41.1 Å². The van der Waals surface area contributed by atoms with Gasteiger partial charge in [0.2, 0.25) is 5.91 Å². The topological polar surface area (TPSA) is 38.3 Å². The van der Waals surface area contributed by atoms with Gasteiger partial charge >= 0.3 is 0 Å². The van der Waals surface area contributed by atoms with E-state index in [4.69, 9.17) is 16.3 Å². The number of thiophene rings is 1. The molecular weight excluding hydrogens is 282 g/mol. The Bertz CT molecular complexity index is 593. The molecule has 0 aliphatic heterocycles. The van der Waals surface area contributed by atoms with Crippen molar-refractivity contribution in [1.29, 1.82) is 0 Å². The van der Waals surface area contributed by atoms with E-state index in [2.05, 4.69) is 5.32 Å². The quantitative estimate of drug-likeness (QED) is 0.863. The molecule has 0 saturated heterocycles. The fourth-order valence-electron chi connectivity index (χ4n) is 1.49. The highest BCUT2D eigenvalue weighted by atomic mass is 35.5. The monoisotopic (exact) mass is 293 g/mol. The highest BCUT2D eigenvalue weighted by Crippen LogP contribution is 2.27. The van der Waals surface area contributed by atoms with E-state index >= 15 is 0 Å². The number of ether oxygens (including phenoxy) is 1. The molecule has 2 aromatic rings. The molecule has 19 heavy (non-hydrogen) atoms. The lowest BCUT2D eigenvalue weighted by molar-refractivity contribution is -0.111. The van der Waals surface area contributed by atoms with Crippen LogP contribution in [0.2, 0.25) is 5.02 Å². The van der Waals surface area contributed by atoms with Crippen LogP contribution in [0, 0.1) is 0 Å². The first-order valence-electron chi connectivity index (χ1n) is 5.54. The Hall–Kier alpha value is -1.78. The van der Waals surface area contributed by atoms with Gasteiger partial charge < -0.3 is 10.1 Å². The summed E-state index contributed by atoms with van der Waals surface area (Å²) < 4.78 is 5.16. The fraction of sp³-hybridized carbons (Fsp3) is 0.0714. The predicted octanol–water partition coefficient (Wildman–Crippen LogP) is 4.06. The Morgan fingerprint density at radius 2 is 2.26 bits per heavy atom. The summed E-state index contributed by atoms with van der Waals surface area (Å²) in [7, 11) is 1.54.